The van der Waals surface area contributed by atoms with E-state index in [1.54, 1.807) is 32.9 Å². The highest BCUT2D eigenvalue weighted by Crippen LogP contribution is 2.25. The number of thioether (sulfide) groups is 1. The highest BCUT2D eigenvalue weighted by atomic mass is 32.2. The number of halogens is 1. The molecule has 2 aromatic rings. The van der Waals surface area contributed by atoms with Crippen LogP contribution in [-0.2, 0) is 14.8 Å². The number of Topliss-reactive ketones (excluding diaryl/α,β-unsaturated/α-hetero) is 1. The second-order valence-electron chi connectivity index (χ2n) is 7.39. The molecule has 0 aliphatic rings. The molecule has 1 amide bonds. The Morgan fingerprint density at radius 2 is 1.76 bits per heavy atom. The van der Waals surface area contributed by atoms with E-state index in [4.69, 9.17) is 0 Å². The number of benzene rings is 2. The predicted molar refractivity (Wildman–Crippen MR) is 112 cm³/mol. The molecular weight excluding hydrogens is 415 g/mol. The lowest BCUT2D eigenvalue weighted by Gasteiger charge is -2.21. The number of anilines is 1. The van der Waals surface area contributed by atoms with Gasteiger partial charge in [0.05, 0.1) is 11.4 Å². The standard InChI is InChI=1S/C20H23FN2O4S2/c1-13(24)14-9-10-17(15(21)11-14)28-12-19(25)22-16-7-5-6-8-18(16)29(26,27)23-20(2,3)4/h5-11,23H,12H2,1-4H3,(H,22,25). The van der Waals surface area contributed by atoms with Gasteiger partial charge in [0, 0.05) is 16.0 Å². The first-order valence-electron chi connectivity index (χ1n) is 8.75. The maximum Gasteiger partial charge on any atom is 0.243 e. The van der Waals surface area contributed by atoms with Gasteiger partial charge in [-0.1, -0.05) is 18.2 Å². The lowest BCUT2D eigenvalue weighted by Crippen LogP contribution is -2.40. The summed E-state index contributed by atoms with van der Waals surface area (Å²) in [6, 6.07) is 10.1. The number of para-hydroxylation sites is 1. The second-order valence-corrected chi connectivity index (χ2v) is 10.1. The third-order valence-corrected chi connectivity index (χ3v) is 6.45. The molecule has 0 aliphatic carbocycles. The molecule has 0 bridgehead atoms. The average molecular weight is 439 g/mol. The zero-order valence-electron chi connectivity index (χ0n) is 16.6. The molecule has 2 rings (SSSR count). The molecule has 0 fully saturated rings. The van der Waals surface area contributed by atoms with Crippen LogP contribution in [0.2, 0.25) is 0 Å². The van der Waals surface area contributed by atoms with Crippen molar-refractivity contribution in [1.82, 2.24) is 4.72 Å². The van der Waals surface area contributed by atoms with Crippen molar-refractivity contribution < 1.29 is 22.4 Å². The largest absolute Gasteiger partial charge is 0.324 e. The van der Waals surface area contributed by atoms with E-state index in [-0.39, 0.29) is 32.6 Å². The Bertz CT molecular complexity index is 1030. The van der Waals surface area contributed by atoms with Gasteiger partial charge in [-0.25, -0.2) is 17.5 Å². The van der Waals surface area contributed by atoms with Gasteiger partial charge in [-0.2, -0.15) is 0 Å². The summed E-state index contributed by atoms with van der Waals surface area (Å²) >= 11 is 0.955. The van der Waals surface area contributed by atoms with Crippen LogP contribution in [0.15, 0.2) is 52.3 Å². The minimum absolute atomic E-state index is 0.0507. The van der Waals surface area contributed by atoms with Gasteiger partial charge in [0.15, 0.2) is 5.78 Å². The Balaban J connectivity index is 2.12. The summed E-state index contributed by atoms with van der Waals surface area (Å²) in [4.78, 5) is 23.8. The van der Waals surface area contributed by atoms with Gasteiger partial charge in [0.2, 0.25) is 15.9 Å². The van der Waals surface area contributed by atoms with Crippen molar-refractivity contribution in [3.05, 3.63) is 53.8 Å². The summed E-state index contributed by atoms with van der Waals surface area (Å²) in [6.45, 7) is 6.49. The summed E-state index contributed by atoms with van der Waals surface area (Å²) in [7, 11) is -3.84. The number of carbonyl (C=O) groups excluding carboxylic acids is 2. The predicted octanol–water partition coefficient (Wildman–Crippen LogP) is 3.84. The fourth-order valence-electron chi connectivity index (χ4n) is 2.43. The van der Waals surface area contributed by atoms with E-state index in [2.05, 4.69) is 10.0 Å². The van der Waals surface area contributed by atoms with Crippen LogP contribution in [0.1, 0.15) is 38.1 Å². The monoisotopic (exact) mass is 438 g/mol. The van der Waals surface area contributed by atoms with E-state index in [9.17, 15) is 22.4 Å². The van der Waals surface area contributed by atoms with Gasteiger partial charge in [0.25, 0.3) is 0 Å². The molecule has 0 heterocycles. The summed E-state index contributed by atoms with van der Waals surface area (Å²) in [6.07, 6.45) is 0. The van der Waals surface area contributed by atoms with Crippen LogP contribution >= 0.6 is 11.8 Å². The topological polar surface area (TPSA) is 92.3 Å². The summed E-state index contributed by atoms with van der Waals surface area (Å²) in [5.74, 6) is -1.45. The number of hydrogen-bond donors (Lipinski definition) is 2. The zero-order chi connectivity index (χ0) is 21.8. The highest BCUT2D eigenvalue weighted by molar-refractivity contribution is 8.00. The average Bonchev–Trinajstić information content (AvgIpc) is 2.58. The molecule has 0 saturated heterocycles. The Kier molecular flexibility index (Phi) is 7.20. The van der Waals surface area contributed by atoms with Crippen LogP contribution < -0.4 is 10.0 Å². The van der Waals surface area contributed by atoms with Gasteiger partial charge in [0.1, 0.15) is 10.7 Å². The molecule has 0 aliphatic heterocycles. The van der Waals surface area contributed by atoms with Crippen molar-refractivity contribution in [2.45, 2.75) is 43.0 Å². The third kappa shape index (κ3) is 6.66. The Morgan fingerprint density at radius 1 is 1.10 bits per heavy atom. The summed E-state index contributed by atoms with van der Waals surface area (Å²) < 4.78 is 41.8. The molecule has 6 nitrogen and oxygen atoms in total. The molecule has 9 heteroatoms. The number of rotatable bonds is 7. The fourth-order valence-corrected chi connectivity index (χ4v) is 4.73. The minimum atomic E-state index is -3.84. The number of sulfonamides is 1. The third-order valence-electron chi connectivity index (χ3n) is 3.59. The first kappa shape index (κ1) is 23.1. The normalized spacial score (nSPS) is 11.9. The molecule has 0 saturated carbocycles. The molecule has 0 unspecified atom stereocenters. The van der Waals surface area contributed by atoms with E-state index in [1.807, 2.05) is 0 Å². The van der Waals surface area contributed by atoms with Crippen molar-refractivity contribution in [2.24, 2.45) is 0 Å². The number of ketones is 1. The minimum Gasteiger partial charge on any atom is -0.324 e. The van der Waals surface area contributed by atoms with Crippen LogP contribution in [0.4, 0.5) is 10.1 Å². The Hall–Kier alpha value is -2.23. The molecule has 2 N–H and O–H groups in total. The maximum atomic E-state index is 14.1. The SMILES string of the molecule is CC(=O)c1ccc(SCC(=O)Nc2ccccc2S(=O)(=O)NC(C)(C)C)c(F)c1. The lowest BCUT2D eigenvalue weighted by molar-refractivity contribution is -0.113. The lowest BCUT2D eigenvalue weighted by atomic mass is 10.1. The van der Waals surface area contributed by atoms with Crippen LogP contribution in [0.25, 0.3) is 0 Å². The second kappa shape index (κ2) is 9.06. The molecule has 2 aromatic carbocycles. The van der Waals surface area contributed by atoms with Crippen molar-refractivity contribution in [3.63, 3.8) is 0 Å². The van der Waals surface area contributed by atoms with Gasteiger partial charge >= 0.3 is 0 Å². The number of amides is 1. The number of carbonyl (C=O) groups is 2. The first-order valence-corrected chi connectivity index (χ1v) is 11.2. The van der Waals surface area contributed by atoms with Crippen molar-refractivity contribution in [3.8, 4) is 0 Å². The molecule has 0 aromatic heterocycles. The van der Waals surface area contributed by atoms with Crippen molar-refractivity contribution in [2.75, 3.05) is 11.1 Å². The summed E-state index contributed by atoms with van der Waals surface area (Å²) in [5, 5.41) is 2.57. The van der Waals surface area contributed by atoms with Gasteiger partial charge in [-0.15, -0.1) is 11.8 Å². The van der Waals surface area contributed by atoms with Crippen LogP contribution in [0.5, 0.6) is 0 Å². The quantitative estimate of drug-likeness (QED) is 0.506. The molecule has 156 valence electrons. The van der Waals surface area contributed by atoms with Gasteiger partial charge in [-0.05, 0) is 52.0 Å². The molecule has 0 spiro atoms. The molecule has 0 radical (unpaired) electrons. The van der Waals surface area contributed by atoms with Crippen LogP contribution in [0.3, 0.4) is 0 Å². The smallest absolute Gasteiger partial charge is 0.243 e. The van der Waals surface area contributed by atoms with Crippen molar-refractivity contribution in [1.29, 1.82) is 0 Å². The van der Waals surface area contributed by atoms with E-state index in [1.165, 1.54) is 31.2 Å². The maximum absolute atomic E-state index is 14.1. The van der Waals surface area contributed by atoms with E-state index >= 15 is 0 Å². The van der Waals surface area contributed by atoms with E-state index < -0.39 is 27.3 Å². The Morgan fingerprint density at radius 3 is 2.34 bits per heavy atom. The summed E-state index contributed by atoms with van der Waals surface area (Å²) in [5.41, 5.74) is -0.293. The Labute approximate surface area is 174 Å². The van der Waals surface area contributed by atoms with Crippen LogP contribution in [-0.4, -0.2) is 31.4 Å². The fraction of sp³-hybridized carbons (Fsp3) is 0.300. The van der Waals surface area contributed by atoms with Gasteiger partial charge < -0.3 is 5.32 Å². The van der Waals surface area contributed by atoms with E-state index in [0.717, 1.165) is 17.8 Å². The zero-order valence-corrected chi connectivity index (χ0v) is 18.2. The highest BCUT2D eigenvalue weighted by Gasteiger charge is 2.25. The van der Waals surface area contributed by atoms with Crippen LogP contribution in [0, 0.1) is 5.82 Å². The number of nitrogens with one attached hydrogen (secondary N) is 2. The van der Waals surface area contributed by atoms with Gasteiger partial charge in [-0.3, -0.25) is 9.59 Å². The molecular formula is C20H23FN2O4S2. The molecule has 0 atom stereocenters. The van der Waals surface area contributed by atoms with Crippen molar-refractivity contribution >= 4 is 39.2 Å². The number of hydrogen-bond acceptors (Lipinski definition) is 5. The first-order chi connectivity index (χ1) is 13.4. The molecule has 29 heavy (non-hydrogen) atoms. The van der Waals surface area contributed by atoms with E-state index in [0.29, 0.717) is 0 Å².